The van der Waals surface area contributed by atoms with Crippen LogP contribution < -0.4 is 11.3 Å². The van der Waals surface area contributed by atoms with Gasteiger partial charge in [0.1, 0.15) is 17.5 Å². The smallest absolute Gasteiger partial charge is 0.131 e. The van der Waals surface area contributed by atoms with Crippen molar-refractivity contribution in [2.24, 2.45) is 5.84 Å². The Balaban J connectivity index is 2.52. The van der Waals surface area contributed by atoms with Crippen LogP contribution >= 0.6 is 0 Å². The first-order chi connectivity index (χ1) is 9.43. The third-order valence-electron chi connectivity index (χ3n) is 3.27. The Hall–Kier alpha value is -1.85. The molecule has 0 bridgehead atoms. The maximum Gasteiger partial charge on any atom is 0.131 e. The average molecular weight is 280 g/mol. The summed E-state index contributed by atoms with van der Waals surface area (Å²) < 4.78 is 40.5. The molecule has 3 N–H and O–H groups in total. The minimum atomic E-state index is -0.696. The van der Waals surface area contributed by atoms with Crippen LogP contribution in [0, 0.1) is 31.3 Å². The third kappa shape index (κ3) is 2.69. The lowest BCUT2D eigenvalue weighted by molar-refractivity contribution is 0.537. The van der Waals surface area contributed by atoms with Gasteiger partial charge in [0, 0.05) is 11.6 Å². The molecule has 0 saturated carbocycles. The lowest BCUT2D eigenvalue weighted by atomic mass is 9.96. The molecule has 0 aliphatic carbocycles. The van der Waals surface area contributed by atoms with Crippen LogP contribution in [0.3, 0.4) is 0 Å². The van der Waals surface area contributed by atoms with Crippen LogP contribution in [-0.4, -0.2) is 0 Å². The lowest BCUT2D eigenvalue weighted by Crippen LogP contribution is -2.29. The van der Waals surface area contributed by atoms with E-state index in [1.54, 1.807) is 19.9 Å². The Kier molecular flexibility index (Phi) is 4.11. The van der Waals surface area contributed by atoms with E-state index in [4.69, 9.17) is 5.84 Å². The fourth-order valence-corrected chi connectivity index (χ4v) is 2.11. The van der Waals surface area contributed by atoms with Crippen molar-refractivity contribution < 1.29 is 13.2 Å². The minimum Gasteiger partial charge on any atom is -0.271 e. The number of halogens is 3. The normalized spacial score (nSPS) is 12.5. The van der Waals surface area contributed by atoms with E-state index in [0.29, 0.717) is 16.7 Å². The number of nitrogens with two attached hydrogens (primary N) is 1. The van der Waals surface area contributed by atoms with E-state index in [0.717, 1.165) is 6.07 Å². The Morgan fingerprint density at radius 3 is 2.15 bits per heavy atom. The van der Waals surface area contributed by atoms with Crippen molar-refractivity contribution in [3.63, 3.8) is 0 Å². The number of benzene rings is 2. The number of hydrogen-bond donors (Lipinski definition) is 2. The molecule has 0 heterocycles. The molecule has 2 aromatic carbocycles. The summed E-state index contributed by atoms with van der Waals surface area (Å²) in [6.07, 6.45) is 0. The van der Waals surface area contributed by atoms with Gasteiger partial charge >= 0.3 is 0 Å². The van der Waals surface area contributed by atoms with E-state index in [2.05, 4.69) is 5.43 Å². The summed E-state index contributed by atoms with van der Waals surface area (Å²) in [5, 5.41) is 0. The molecule has 0 amide bonds. The molecular formula is C15H15F3N2. The van der Waals surface area contributed by atoms with Crippen molar-refractivity contribution >= 4 is 0 Å². The predicted octanol–water partition coefficient (Wildman–Crippen LogP) is 3.27. The lowest BCUT2D eigenvalue weighted by Gasteiger charge is -2.19. The number of hydrogen-bond acceptors (Lipinski definition) is 2. The van der Waals surface area contributed by atoms with E-state index in [9.17, 15) is 13.2 Å². The third-order valence-corrected chi connectivity index (χ3v) is 3.27. The maximum atomic E-state index is 13.9. The number of aryl methyl sites for hydroxylation is 2. The second kappa shape index (κ2) is 5.64. The van der Waals surface area contributed by atoms with Crippen molar-refractivity contribution in [1.29, 1.82) is 0 Å². The molecule has 0 saturated heterocycles. The standard InChI is InChI=1S/C15H15F3N2/c1-8-5-10(3-4-12(8)16)15(20-19)11-6-9(2)13(17)7-14(11)18/h3-7,15,20H,19H2,1-2H3. The minimum absolute atomic E-state index is 0.220. The highest BCUT2D eigenvalue weighted by Gasteiger charge is 2.19. The molecule has 0 aliphatic rings. The van der Waals surface area contributed by atoms with Crippen molar-refractivity contribution in [3.05, 3.63) is 70.0 Å². The molecule has 106 valence electrons. The van der Waals surface area contributed by atoms with Crippen LogP contribution in [0.15, 0.2) is 30.3 Å². The Morgan fingerprint density at radius 1 is 0.900 bits per heavy atom. The van der Waals surface area contributed by atoms with Crippen LogP contribution in [0.25, 0.3) is 0 Å². The second-order valence-corrected chi connectivity index (χ2v) is 4.73. The van der Waals surface area contributed by atoms with Crippen molar-refractivity contribution in [2.45, 2.75) is 19.9 Å². The van der Waals surface area contributed by atoms with E-state index < -0.39 is 17.7 Å². The van der Waals surface area contributed by atoms with Gasteiger partial charge in [0.2, 0.25) is 0 Å². The van der Waals surface area contributed by atoms with Crippen molar-refractivity contribution in [3.8, 4) is 0 Å². The topological polar surface area (TPSA) is 38.0 Å². The first kappa shape index (κ1) is 14.6. The number of hydrazine groups is 1. The molecule has 2 rings (SSSR count). The van der Waals surface area contributed by atoms with Crippen molar-refractivity contribution in [1.82, 2.24) is 5.43 Å². The summed E-state index contributed by atoms with van der Waals surface area (Å²) in [6.45, 7) is 3.15. The van der Waals surface area contributed by atoms with Gasteiger partial charge in [-0.2, -0.15) is 0 Å². The average Bonchev–Trinajstić information content (AvgIpc) is 2.40. The molecule has 0 spiro atoms. The van der Waals surface area contributed by atoms with Crippen LogP contribution in [-0.2, 0) is 0 Å². The van der Waals surface area contributed by atoms with Gasteiger partial charge < -0.3 is 0 Å². The molecular weight excluding hydrogens is 265 g/mol. The number of rotatable bonds is 3. The molecule has 0 radical (unpaired) electrons. The summed E-state index contributed by atoms with van der Waals surface area (Å²) >= 11 is 0. The first-order valence-corrected chi connectivity index (χ1v) is 6.11. The molecule has 2 nitrogen and oxygen atoms in total. The zero-order valence-corrected chi connectivity index (χ0v) is 11.2. The molecule has 2 aromatic rings. The Bertz CT molecular complexity index is 641. The molecule has 1 atom stereocenters. The van der Waals surface area contributed by atoms with Crippen LogP contribution in [0.1, 0.15) is 28.3 Å². The quantitative estimate of drug-likeness (QED) is 0.669. The maximum absolute atomic E-state index is 13.9. The largest absolute Gasteiger partial charge is 0.271 e. The Labute approximate surface area is 115 Å². The molecule has 1 unspecified atom stereocenters. The summed E-state index contributed by atoms with van der Waals surface area (Å²) in [4.78, 5) is 0. The molecule has 0 aliphatic heterocycles. The van der Waals surface area contributed by atoms with Gasteiger partial charge in [0.05, 0.1) is 6.04 Å². The Morgan fingerprint density at radius 2 is 1.55 bits per heavy atom. The van der Waals surface area contributed by atoms with Crippen molar-refractivity contribution in [2.75, 3.05) is 0 Å². The summed E-state index contributed by atoms with van der Waals surface area (Å²) in [5.74, 6) is 3.82. The van der Waals surface area contributed by atoms with Gasteiger partial charge in [-0.25, -0.2) is 18.6 Å². The molecule has 5 heteroatoms. The molecule has 0 fully saturated rings. The van der Waals surface area contributed by atoms with Gasteiger partial charge in [-0.3, -0.25) is 5.84 Å². The van der Waals surface area contributed by atoms with Gasteiger partial charge in [-0.05, 0) is 42.7 Å². The highest BCUT2D eigenvalue weighted by Crippen LogP contribution is 2.27. The highest BCUT2D eigenvalue weighted by molar-refractivity contribution is 5.37. The monoisotopic (exact) mass is 280 g/mol. The van der Waals surface area contributed by atoms with Crippen LogP contribution in [0.2, 0.25) is 0 Å². The highest BCUT2D eigenvalue weighted by atomic mass is 19.1. The van der Waals surface area contributed by atoms with Gasteiger partial charge in [0.15, 0.2) is 0 Å². The summed E-state index contributed by atoms with van der Waals surface area (Å²) in [5.41, 5.74) is 4.06. The summed E-state index contributed by atoms with van der Waals surface area (Å²) in [6, 6.07) is 5.94. The van der Waals surface area contributed by atoms with E-state index in [1.807, 2.05) is 0 Å². The van der Waals surface area contributed by atoms with Gasteiger partial charge in [-0.1, -0.05) is 12.1 Å². The SMILES string of the molecule is Cc1cc(C(NN)c2cc(C)c(F)cc2F)ccc1F. The van der Waals surface area contributed by atoms with Crippen LogP contribution in [0.5, 0.6) is 0 Å². The van der Waals surface area contributed by atoms with Gasteiger partial charge in [0.25, 0.3) is 0 Å². The predicted molar refractivity (Wildman–Crippen MR) is 71.4 cm³/mol. The fourth-order valence-electron chi connectivity index (χ4n) is 2.11. The van der Waals surface area contributed by atoms with Crippen LogP contribution in [0.4, 0.5) is 13.2 Å². The van der Waals surface area contributed by atoms with Gasteiger partial charge in [-0.15, -0.1) is 0 Å². The molecule has 20 heavy (non-hydrogen) atoms. The molecule has 0 aromatic heterocycles. The summed E-state index contributed by atoms with van der Waals surface area (Å²) in [7, 11) is 0. The fraction of sp³-hybridized carbons (Fsp3) is 0.200. The first-order valence-electron chi connectivity index (χ1n) is 6.11. The zero-order chi connectivity index (χ0) is 14.9. The van der Waals surface area contributed by atoms with E-state index in [-0.39, 0.29) is 11.4 Å². The van der Waals surface area contributed by atoms with E-state index >= 15 is 0 Å². The number of nitrogens with one attached hydrogen (secondary N) is 1. The second-order valence-electron chi connectivity index (χ2n) is 4.73. The van der Waals surface area contributed by atoms with E-state index in [1.165, 1.54) is 18.2 Å². The zero-order valence-electron chi connectivity index (χ0n) is 11.2.